The fourth-order valence-corrected chi connectivity index (χ4v) is 3.63. The van der Waals surface area contributed by atoms with Crippen LogP contribution in [0.2, 0.25) is 0 Å². The highest BCUT2D eigenvalue weighted by Gasteiger charge is 2.12. The first kappa shape index (κ1) is 19.2. The summed E-state index contributed by atoms with van der Waals surface area (Å²) < 4.78 is 0. The van der Waals surface area contributed by atoms with E-state index in [1.54, 1.807) is 24.2 Å². The van der Waals surface area contributed by atoms with Gasteiger partial charge in [-0.15, -0.1) is 0 Å². The second kappa shape index (κ2) is 8.92. The topological polar surface area (TPSA) is 61.8 Å². The van der Waals surface area contributed by atoms with E-state index in [0.717, 1.165) is 38.7 Å². The van der Waals surface area contributed by atoms with Gasteiger partial charge in [0.2, 0.25) is 0 Å². The number of H-pyrrole nitrogens is 1. The molecular formula is C21H18ClN3OS. The Labute approximate surface area is 167 Å². The van der Waals surface area contributed by atoms with E-state index < -0.39 is 6.10 Å². The number of aromatic nitrogens is 3. The number of allylic oxidation sites excluding steroid dienone is 8. The molecule has 6 heteroatoms. The fraction of sp³-hybridized carbons (Fsp3) is 0.143. The first-order chi connectivity index (χ1) is 13.1. The van der Waals surface area contributed by atoms with E-state index in [1.807, 2.05) is 31.2 Å². The highest BCUT2D eigenvalue weighted by molar-refractivity contribution is 8.03. The molecule has 0 fully saturated rings. The van der Waals surface area contributed by atoms with Gasteiger partial charge in [-0.3, -0.25) is 0 Å². The molecule has 2 N–H and O–H groups in total. The van der Waals surface area contributed by atoms with Crippen LogP contribution in [0.25, 0.3) is 16.6 Å². The van der Waals surface area contributed by atoms with Crippen LogP contribution in [0.15, 0.2) is 70.4 Å². The molecule has 136 valence electrons. The summed E-state index contributed by atoms with van der Waals surface area (Å²) in [6.45, 7) is 5.44. The van der Waals surface area contributed by atoms with Crippen LogP contribution in [-0.4, -0.2) is 26.2 Å². The van der Waals surface area contributed by atoms with E-state index in [1.165, 1.54) is 6.08 Å². The number of hydrogen-bond donors (Lipinski definition) is 2. The Kier molecular flexibility index (Phi) is 6.36. The van der Waals surface area contributed by atoms with Crippen molar-refractivity contribution in [3.05, 3.63) is 71.1 Å². The first-order valence-corrected chi connectivity index (χ1v) is 9.49. The third-order valence-electron chi connectivity index (χ3n) is 3.79. The number of nitrogens with one attached hydrogen (secondary N) is 1. The molecule has 1 unspecified atom stereocenters. The summed E-state index contributed by atoms with van der Waals surface area (Å²) in [7, 11) is 0. The van der Waals surface area contributed by atoms with Crippen molar-refractivity contribution in [3.63, 3.8) is 0 Å². The SMILES string of the molecule is C=CC(O)C#C/C=C(\C)c1cc2c(SC3=CC(Cl)=CC=CC3)ncnc2[nH]1. The molecule has 1 aliphatic carbocycles. The van der Waals surface area contributed by atoms with Gasteiger partial charge < -0.3 is 10.1 Å². The largest absolute Gasteiger partial charge is 0.377 e. The lowest BCUT2D eigenvalue weighted by Crippen LogP contribution is -1.94. The number of thioether (sulfide) groups is 1. The average molecular weight is 396 g/mol. The van der Waals surface area contributed by atoms with Crippen LogP contribution in [0, 0.1) is 11.8 Å². The van der Waals surface area contributed by atoms with Crippen molar-refractivity contribution in [2.75, 3.05) is 0 Å². The Bertz CT molecular complexity index is 1050. The number of aromatic amines is 1. The zero-order valence-electron chi connectivity index (χ0n) is 14.7. The molecule has 4 nitrogen and oxygen atoms in total. The minimum absolute atomic E-state index is 0.699. The van der Waals surface area contributed by atoms with Crippen LogP contribution in [-0.2, 0) is 0 Å². The van der Waals surface area contributed by atoms with Crippen LogP contribution in [0.4, 0.5) is 0 Å². The normalized spacial score (nSPS) is 15.4. The van der Waals surface area contributed by atoms with Crippen LogP contribution in [0.3, 0.4) is 0 Å². The molecule has 2 aromatic rings. The number of fused-ring (bicyclic) bond motifs is 1. The van der Waals surface area contributed by atoms with Crippen molar-refractivity contribution in [1.82, 2.24) is 15.0 Å². The minimum Gasteiger partial charge on any atom is -0.377 e. The molecule has 3 rings (SSSR count). The first-order valence-electron chi connectivity index (χ1n) is 8.30. The Balaban J connectivity index is 1.90. The molecule has 1 aliphatic rings. The lowest BCUT2D eigenvalue weighted by Gasteiger charge is -2.04. The van der Waals surface area contributed by atoms with Crippen molar-refractivity contribution in [2.45, 2.75) is 24.5 Å². The standard InChI is InChI=1S/C21H18ClN3OS/c1-3-16(26)9-6-7-14(2)19-12-18-20(25-19)23-13-24-21(18)27-17-10-5-4-8-15(22)11-17/h3-5,7-8,11-13,16,26H,1,10H2,2H3,(H,23,24,25)/b14-7+. The maximum atomic E-state index is 9.41. The van der Waals surface area contributed by atoms with E-state index in [-0.39, 0.29) is 0 Å². The molecule has 27 heavy (non-hydrogen) atoms. The molecule has 2 aromatic heterocycles. The summed E-state index contributed by atoms with van der Waals surface area (Å²) in [6, 6.07) is 2.01. The van der Waals surface area contributed by atoms with E-state index in [2.05, 4.69) is 39.4 Å². The van der Waals surface area contributed by atoms with Crippen molar-refractivity contribution in [2.24, 2.45) is 0 Å². The van der Waals surface area contributed by atoms with Gasteiger partial charge in [0.15, 0.2) is 0 Å². The lowest BCUT2D eigenvalue weighted by molar-refractivity contribution is 0.281. The average Bonchev–Trinajstić information content (AvgIpc) is 3.00. The van der Waals surface area contributed by atoms with Crippen LogP contribution < -0.4 is 0 Å². The molecular weight excluding hydrogens is 378 g/mol. The summed E-state index contributed by atoms with van der Waals surface area (Å²) in [4.78, 5) is 13.2. The van der Waals surface area contributed by atoms with Crippen LogP contribution in [0.5, 0.6) is 0 Å². The predicted octanol–water partition coefficient (Wildman–Crippen LogP) is 4.97. The molecule has 1 atom stereocenters. The van der Waals surface area contributed by atoms with Gasteiger partial charge in [0.05, 0.1) is 5.39 Å². The zero-order valence-corrected chi connectivity index (χ0v) is 16.3. The predicted molar refractivity (Wildman–Crippen MR) is 113 cm³/mol. The molecule has 0 saturated heterocycles. The van der Waals surface area contributed by atoms with Gasteiger partial charge >= 0.3 is 0 Å². The van der Waals surface area contributed by atoms with Gasteiger partial charge in [-0.05, 0) is 48.1 Å². The molecule has 0 amide bonds. The van der Waals surface area contributed by atoms with Crippen molar-refractivity contribution in [3.8, 4) is 11.8 Å². The summed E-state index contributed by atoms with van der Waals surface area (Å²) >= 11 is 7.75. The molecule has 0 aliphatic heterocycles. The number of nitrogens with zero attached hydrogens (tertiary/aromatic N) is 2. The smallest absolute Gasteiger partial charge is 0.142 e. The second-order valence-corrected chi connectivity index (χ2v) is 7.37. The van der Waals surface area contributed by atoms with Gasteiger partial charge in [0, 0.05) is 10.7 Å². The molecule has 0 bridgehead atoms. The highest BCUT2D eigenvalue weighted by atomic mass is 35.5. The quantitative estimate of drug-likeness (QED) is 0.436. The minimum atomic E-state index is -0.826. The van der Waals surface area contributed by atoms with Gasteiger partial charge in [-0.1, -0.05) is 60.0 Å². The molecule has 0 radical (unpaired) electrons. The maximum absolute atomic E-state index is 9.41. The molecule has 0 saturated carbocycles. The lowest BCUT2D eigenvalue weighted by atomic mass is 10.2. The summed E-state index contributed by atoms with van der Waals surface area (Å²) in [5.74, 6) is 5.51. The Morgan fingerprint density at radius 2 is 2.33 bits per heavy atom. The Morgan fingerprint density at radius 3 is 3.15 bits per heavy atom. The third-order valence-corrected chi connectivity index (χ3v) is 5.09. The van der Waals surface area contributed by atoms with Crippen molar-refractivity contribution < 1.29 is 5.11 Å². The van der Waals surface area contributed by atoms with Gasteiger partial charge in [0.1, 0.15) is 23.1 Å². The number of rotatable bonds is 4. The number of aliphatic hydroxyl groups is 1. The molecule has 2 heterocycles. The second-order valence-electron chi connectivity index (χ2n) is 5.82. The molecule has 0 aromatic carbocycles. The van der Waals surface area contributed by atoms with E-state index in [0.29, 0.717) is 5.03 Å². The van der Waals surface area contributed by atoms with Gasteiger partial charge in [-0.2, -0.15) is 0 Å². The van der Waals surface area contributed by atoms with E-state index in [9.17, 15) is 5.11 Å². The van der Waals surface area contributed by atoms with E-state index in [4.69, 9.17) is 11.6 Å². The molecule has 0 spiro atoms. The zero-order chi connectivity index (χ0) is 19.2. The van der Waals surface area contributed by atoms with Crippen LogP contribution in [0.1, 0.15) is 19.0 Å². The number of aliphatic hydroxyl groups excluding tert-OH is 1. The van der Waals surface area contributed by atoms with Gasteiger partial charge in [0.25, 0.3) is 0 Å². The summed E-state index contributed by atoms with van der Waals surface area (Å²) in [5.41, 5.74) is 2.61. The number of halogens is 1. The highest BCUT2D eigenvalue weighted by Crippen LogP contribution is 2.35. The number of hydrogen-bond acceptors (Lipinski definition) is 4. The van der Waals surface area contributed by atoms with Crippen molar-refractivity contribution in [1.29, 1.82) is 0 Å². The Morgan fingerprint density at radius 1 is 1.48 bits per heavy atom. The van der Waals surface area contributed by atoms with Gasteiger partial charge in [-0.25, -0.2) is 9.97 Å². The van der Waals surface area contributed by atoms with E-state index >= 15 is 0 Å². The maximum Gasteiger partial charge on any atom is 0.142 e. The summed E-state index contributed by atoms with van der Waals surface area (Å²) in [5, 5.41) is 11.9. The summed E-state index contributed by atoms with van der Waals surface area (Å²) in [6.07, 6.45) is 12.5. The monoisotopic (exact) mass is 395 g/mol. The fourth-order valence-electron chi connectivity index (χ4n) is 2.38. The van der Waals surface area contributed by atoms with Crippen molar-refractivity contribution >= 4 is 40.0 Å². The third kappa shape index (κ3) is 5.01. The van der Waals surface area contributed by atoms with Crippen LogP contribution >= 0.6 is 23.4 Å². The Hall–Kier alpha value is -2.52.